The second-order valence-corrected chi connectivity index (χ2v) is 6.13. The second kappa shape index (κ2) is 9.40. The van der Waals surface area contributed by atoms with Crippen LogP contribution in [0.25, 0.3) is 0 Å². The van der Waals surface area contributed by atoms with Gasteiger partial charge in [-0.1, -0.05) is 25.5 Å². The van der Waals surface area contributed by atoms with E-state index in [2.05, 4.69) is 42.4 Å². The molecule has 1 aromatic rings. The van der Waals surface area contributed by atoms with Crippen LogP contribution >= 0.6 is 0 Å². The summed E-state index contributed by atoms with van der Waals surface area (Å²) < 4.78 is 11.4. The molecule has 1 fully saturated rings. The van der Waals surface area contributed by atoms with Gasteiger partial charge in [0.15, 0.2) is 5.96 Å². The molecule has 1 saturated heterocycles. The fraction of sp³-hybridized carbons (Fsp3) is 0.611. The van der Waals surface area contributed by atoms with Gasteiger partial charge in [-0.15, -0.1) is 0 Å². The van der Waals surface area contributed by atoms with E-state index in [0.717, 1.165) is 50.3 Å². The van der Waals surface area contributed by atoms with E-state index in [4.69, 9.17) is 15.2 Å². The number of nitrogens with one attached hydrogen (secondary N) is 1. The highest BCUT2D eigenvalue weighted by Gasteiger charge is 2.17. The molecule has 1 aromatic carbocycles. The first kappa shape index (κ1) is 17.6. The van der Waals surface area contributed by atoms with Gasteiger partial charge in [0, 0.05) is 24.6 Å². The lowest BCUT2D eigenvalue weighted by molar-refractivity contribution is 0.166. The summed E-state index contributed by atoms with van der Waals surface area (Å²) in [6, 6.07) is 6.22. The highest BCUT2D eigenvalue weighted by molar-refractivity contribution is 5.77. The first-order valence-corrected chi connectivity index (χ1v) is 8.53. The van der Waals surface area contributed by atoms with Crippen molar-refractivity contribution in [2.45, 2.75) is 39.7 Å². The summed E-state index contributed by atoms with van der Waals surface area (Å²) in [4.78, 5) is 4.41. The monoisotopic (exact) mass is 319 g/mol. The predicted octanol–water partition coefficient (Wildman–Crippen LogP) is 2.61. The Balaban J connectivity index is 1.92. The Morgan fingerprint density at radius 2 is 2.35 bits per heavy atom. The van der Waals surface area contributed by atoms with E-state index < -0.39 is 0 Å². The minimum absolute atomic E-state index is 0.493. The molecule has 1 atom stereocenters. The van der Waals surface area contributed by atoms with Crippen LogP contribution in [0.3, 0.4) is 0 Å². The number of ether oxygens (including phenoxy) is 2. The van der Waals surface area contributed by atoms with Gasteiger partial charge in [-0.25, -0.2) is 4.99 Å². The van der Waals surface area contributed by atoms with Gasteiger partial charge >= 0.3 is 0 Å². The van der Waals surface area contributed by atoms with Gasteiger partial charge in [0.2, 0.25) is 0 Å². The largest absolute Gasteiger partial charge is 0.493 e. The van der Waals surface area contributed by atoms with E-state index in [1.165, 1.54) is 5.56 Å². The lowest BCUT2D eigenvalue weighted by Crippen LogP contribution is -2.32. The van der Waals surface area contributed by atoms with Crippen molar-refractivity contribution in [3.8, 4) is 5.75 Å². The Morgan fingerprint density at radius 1 is 1.48 bits per heavy atom. The second-order valence-electron chi connectivity index (χ2n) is 6.13. The summed E-state index contributed by atoms with van der Waals surface area (Å²) in [6.07, 6.45) is 3.31. The van der Waals surface area contributed by atoms with Crippen LogP contribution in [0, 0.1) is 12.8 Å². The lowest BCUT2D eigenvalue weighted by atomic mass is 10.1. The molecule has 0 aliphatic carbocycles. The molecular formula is C18H29N3O2. The third kappa shape index (κ3) is 6.10. The minimum atomic E-state index is 0.493. The third-order valence-electron chi connectivity index (χ3n) is 3.98. The van der Waals surface area contributed by atoms with Crippen molar-refractivity contribution in [1.82, 2.24) is 5.32 Å². The molecular weight excluding hydrogens is 290 g/mol. The van der Waals surface area contributed by atoms with Crippen LogP contribution in [0.1, 0.15) is 37.3 Å². The van der Waals surface area contributed by atoms with Gasteiger partial charge in [0.05, 0.1) is 19.8 Å². The molecule has 5 nitrogen and oxygen atoms in total. The summed E-state index contributed by atoms with van der Waals surface area (Å²) in [7, 11) is 0. The molecule has 23 heavy (non-hydrogen) atoms. The number of aliphatic imine (C=N–C) groups is 1. The number of guanidine groups is 1. The molecule has 3 N–H and O–H groups in total. The summed E-state index contributed by atoms with van der Waals surface area (Å²) in [6.45, 7) is 7.96. The molecule has 2 rings (SSSR count). The number of nitrogens with two attached hydrogens (primary N) is 1. The molecule has 5 heteroatoms. The zero-order valence-electron chi connectivity index (χ0n) is 14.3. The third-order valence-corrected chi connectivity index (χ3v) is 3.98. The average Bonchev–Trinajstić information content (AvgIpc) is 3.05. The highest BCUT2D eigenvalue weighted by atomic mass is 16.5. The summed E-state index contributed by atoms with van der Waals surface area (Å²) >= 11 is 0. The number of benzene rings is 1. The molecule has 0 radical (unpaired) electrons. The standard InChI is InChI=1S/C18H29N3O2/c1-3-4-8-20-18(19)21-11-16-6-5-14(2)10-17(16)23-13-15-7-9-22-12-15/h5-6,10,15H,3-4,7-9,11-13H2,1-2H3,(H3,19,20,21). The van der Waals surface area contributed by atoms with E-state index in [0.29, 0.717) is 25.0 Å². The molecule has 128 valence electrons. The Morgan fingerprint density at radius 3 is 3.09 bits per heavy atom. The maximum absolute atomic E-state index is 6.02. The van der Waals surface area contributed by atoms with Gasteiger partial charge in [0.25, 0.3) is 0 Å². The van der Waals surface area contributed by atoms with Crippen molar-refractivity contribution >= 4 is 5.96 Å². The quantitative estimate of drug-likeness (QED) is 0.439. The molecule has 0 aromatic heterocycles. The number of nitrogens with zero attached hydrogens (tertiary/aromatic N) is 1. The van der Waals surface area contributed by atoms with Crippen LogP contribution < -0.4 is 15.8 Å². The topological polar surface area (TPSA) is 68.9 Å². The van der Waals surface area contributed by atoms with Gasteiger partial charge in [-0.3, -0.25) is 0 Å². The Hall–Kier alpha value is -1.75. The van der Waals surface area contributed by atoms with Crippen LogP contribution in [0.2, 0.25) is 0 Å². The molecule has 0 spiro atoms. The van der Waals surface area contributed by atoms with Crippen LogP contribution in [0.4, 0.5) is 0 Å². The maximum atomic E-state index is 6.02. The van der Waals surface area contributed by atoms with Crippen LogP contribution in [-0.4, -0.2) is 32.3 Å². The van der Waals surface area contributed by atoms with E-state index in [9.17, 15) is 0 Å². The Kier molecular flexibility index (Phi) is 7.20. The van der Waals surface area contributed by atoms with Crippen LogP contribution in [0.5, 0.6) is 5.75 Å². The average molecular weight is 319 g/mol. The van der Waals surface area contributed by atoms with E-state index in [-0.39, 0.29) is 0 Å². The number of hydrogen-bond donors (Lipinski definition) is 2. The summed E-state index contributed by atoms with van der Waals surface area (Å²) in [5.41, 5.74) is 8.15. The summed E-state index contributed by atoms with van der Waals surface area (Å²) in [5, 5.41) is 3.13. The highest BCUT2D eigenvalue weighted by Crippen LogP contribution is 2.23. The maximum Gasteiger partial charge on any atom is 0.188 e. The van der Waals surface area contributed by atoms with E-state index in [1.54, 1.807) is 0 Å². The van der Waals surface area contributed by atoms with Crippen molar-refractivity contribution < 1.29 is 9.47 Å². The molecule has 1 aliphatic heterocycles. The first-order valence-electron chi connectivity index (χ1n) is 8.53. The number of unbranched alkanes of at least 4 members (excludes halogenated alkanes) is 1. The fourth-order valence-electron chi connectivity index (χ4n) is 2.47. The van der Waals surface area contributed by atoms with Crippen molar-refractivity contribution in [2.24, 2.45) is 16.6 Å². The van der Waals surface area contributed by atoms with Crippen molar-refractivity contribution in [3.05, 3.63) is 29.3 Å². The van der Waals surface area contributed by atoms with Crippen LogP contribution in [0.15, 0.2) is 23.2 Å². The Bertz CT molecular complexity index is 511. The molecule has 1 unspecified atom stereocenters. The fourth-order valence-corrected chi connectivity index (χ4v) is 2.47. The molecule has 0 saturated carbocycles. The minimum Gasteiger partial charge on any atom is -0.493 e. The molecule has 1 heterocycles. The number of aryl methyl sites for hydroxylation is 1. The van der Waals surface area contributed by atoms with Crippen molar-refractivity contribution in [2.75, 3.05) is 26.4 Å². The van der Waals surface area contributed by atoms with E-state index >= 15 is 0 Å². The van der Waals surface area contributed by atoms with Crippen molar-refractivity contribution in [3.63, 3.8) is 0 Å². The zero-order chi connectivity index (χ0) is 16.5. The molecule has 0 amide bonds. The van der Waals surface area contributed by atoms with Crippen LogP contribution in [-0.2, 0) is 11.3 Å². The van der Waals surface area contributed by atoms with E-state index in [1.807, 2.05) is 0 Å². The van der Waals surface area contributed by atoms with Gasteiger partial charge in [-0.2, -0.15) is 0 Å². The lowest BCUT2D eigenvalue weighted by Gasteiger charge is -2.14. The van der Waals surface area contributed by atoms with Gasteiger partial charge < -0.3 is 20.5 Å². The molecule has 1 aliphatic rings. The zero-order valence-corrected chi connectivity index (χ0v) is 14.3. The normalized spacial score (nSPS) is 18.2. The number of hydrogen-bond acceptors (Lipinski definition) is 3. The number of rotatable bonds is 8. The molecule has 0 bridgehead atoms. The van der Waals surface area contributed by atoms with Gasteiger partial charge in [0.1, 0.15) is 5.75 Å². The Labute approximate surface area is 139 Å². The SMILES string of the molecule is CCCCNC(N)=NCc1ccc(C)cc1OCC1CCOC1. The first-order chi connectivity index (χ1) is 11.2. The predicted molar refractivity (Wildman–Crippen MR) is 93.8 cm³/mol. The summed E-state index contributed by atoms with van der Waals surface area (Å²) in [5.74, 6) is 1.89. The van der Waals surface area contributed by atoms with Gasteiger partial charge in [-0.05, 0) is 31.4 Å². The van der Waals surface area contributed by atoms with Crippen molar-refractivity contribution in [1.29, 1.82) is 0 Å². The smallest absolute Gasteiger partial charge is 0.188 e.